The van der Waals surface area contributed by atoms with Gasteiger partial charge in [0.05, 0.1) is 5.56 Å². The zero-order valence-electron chi connectivity index (χ0n) is 9.06. The molecule has 0 radical (unpaired) electrons. The zero-order chi connectivity index (χ0) is 12.4. The minimum absolute atomic E-state index is 0.00298. The Kier molecular flexibility index (Phi) is 3.34. The summed E-state index contributed by atoms with van der Waals surface area (Å²) in [6.07, 6.45) is 2.07. The molecule has 0 unspecified atom stereocenters. The van der Waals surface area contributed by atoms with Crippen molar-refractivity contribution in [2.75, 3.05) is 11.4 Å². The lowest BCUT2D eigenvalue weighted by Gasteiger charge is -2.22. The predicted molar refractivity (Wildman–Crippen MR) is 66.9 cm³/mol. The van der Waals surface area contributed by atoms with E-state index in [4.69, 9.17) is 10.4 Å². The van der Waals surface area contributed by atoms with E-state index in [9.17, 15) is 4.79 Å². The van der Waals surface area contributed by atoms with Gasteiger partial charge >= 0.3 is 5.97 Å². The molecule has 1 saturated carbocycles. The van der Waals surface area contributed by atoms with E-state index in [0.29, 0.717) is 16.1 Å². The molecule has 0 spiro atoms. The van der Waals surface area contributed by atoms with Gasteiger partial charge in [0.15, 0.2) is 0 Å². The van der Waals surface area contributed by atoms with Gasteiger partial charge in [0.2, 0.25) is 0 Å². The molecule has 17 heavy (non-hydrogen) atoms. The number of nitrogens with zero attached hydrogens (tertiary/aromatic N) is 2. The summed E-state index contributed by atoms with van der Waals surface area (Å²) in [6.45, 7) is 0.00298. The van der Waals surface area contributed by atoms with Crippen LogP contribution in [0.3, 0.4) is 0 Å². The molecule has 88 valence electrons. The Morgan fingerprint density at radius 1 is 1.59 bits per heavy atom. The zero-order valence-corrected chi connectivity index (χ0v) is 10.6. The van der Waals surface area contributed by atoms with Gasteiger partial charge in [-0.1, -0.05) is 0 Å². The highest BCUT2D eigenvalue weighted by Gasteiger charge is 2.30. The van der Waals surface area contributed by atoms with Crippen molar-refractivity contribution in [1.82, 2.24) is 0 Å². The maximum Gasteiger partial charge on any atom is 0.323 e. The Hall–Kier alpha value is -1.54. The number of benzene rings is 1. The van der Waals surface area contributed by atoms with Crippen molar-refractivity contribution in [2.24, 2.45) is 0 Å². The number of carboxylic acids is 1. The molecular formula is C12H11BrN2O2. The number of hydrogen-bond acceptors (Lipinski definition) is 3. The average Bonchev–Trinajstić information content (AvgIpc) is 3.09. The molecule has 0 amide bonds. The Labute approximate surface area is 108 Å². The molecule has 0 aliphatic heterocycles. The third-order valence-corrected chi connectivity index (χ3v) is 3.35. The van der Waals surface area contributed by atoms with Crippen molar-refractivity contribution >= 4 is 27.6 Å². The summed E-state index contributed by atoms with van der Waals surface area (Å²) in [4.78, 5) is 12.7. The molecule has 0 aromatic heterocycles. The van der Waals surface area contributed by atoms with Crippen LogP contribution in [0.2, 0.25) is 0 Å². The SMILES string of the molecule is N#Cc1ccc(N(CC(=O)O)C2CC2)cc1Br. The summed E-state index contributed by atoms with van der Waals surface area (Å²) in [5.74, 6) is -0.836. The number of carboxylic acid groups (broad SMARTS) is 1. The number of carbonyl (C=O) groups is 1. The van der Waals surface area contributed by atoms with Crippen molar-refractivity contribution in [1.29, 1.82) is 5.26 Å². The number of aliphatic carboxylic acids is 1. The maximum absolute atomic E-state index is 10.8. The van der Waals surface area contributed by atoms with Gasteiger partial charge in [-0.15, -0.1) is 0 Å². The van der Waals surface area contributed by atoms with Crippen LogP contribution in [0.4, 0.5) is 5.69 Å². The summed E-state index contributed by atoms with van der Waals surface area (Å²) in [7, 11) is 0. The van der Waals surface area contributed by atoms with Crippen LogP contribution >= 0.6 is 15.9 Å². The van der Waals surface area contributed by atoms with Gasteiger partial charge in [-0.2, -0.15) is 5.26 Å². The molecule has 1 N–H and O–H groups in total. The normalized spacial score (nSPS) is 14.1. The third kappa shape index (κ3) is 2.77. The van der Waals surface area contributed by atoms with Gasteiger partial charge in [0, 0.05) is 16.2 Å². The minimum Gasteiger partial charge on any atom is -0.480 e. The Morgan fingerprint density at radius 3 is 2.76 bits per heavy atom. The highest BCUT2D eigenvalue weighted by molar-refractivity contribution is 9.10. The number of nitriles is 1. The van der Waals surface area contributed by atoms with E-state index < -0.39 is 5.97 Å². The van der Waals surface area contributed by atoms with E-state index in [-0.39, 0.29) is 6.54 Å². The highest BCUT2D eigenvalue weighted by Crippen LogP contribution is 2.33. The van der Waals surface area contributed by atoms with Crippen LogP contribution in [0.25, 0.3) is 0 Å². The van der Waals surface area contributed by atoms with E-state index in [2.05, 4.69) is 22.0 Å². The van der Waals surface area contributed by atoms with Crippen molar-refractivity contribution in [2.45, 2.75) is 18.9 Å². The molecular weight excluding hydrogens is 284 g/mol. The first-order valence-electron chi connectivity index (χ1n) is 5.30. The first-order valence-corrected chi connectivity index (χ1v) is 6.09. The molecule has 1 fully saturated rings. The van der Waals surface area contributed by atoms with E-state index in [0.717, 1.165) is 18.5 Å². The van der Waals surface area contributed by atoms with Crippen LogP contribution < -0.4 is 4.90 Å². The van der Waals surface area contributed by atoms with Gasteiger partial charge in [0.25, 0.3) is 0 Å². The molecule has 4 nitrogen and oxygen atoms in total. The Bertz CT molecular complexity index is 492. The van der Waals surface area contributed by atoms with Crippen molar-refractivity contribution in [3.05, 3.63) is 28.2 Å². The van der Waals surface area contributed by atoms with Crippen LogP contribution in [0.5, 0.6) is 0 Å². The van der Waals surface area contributed by atoms with Crippen LogP contribution in [0, 0.1) is 11.3 Å². The largest absolute Gasteiger partial charge is 0.480 e. The Morgan fingerprint density at radius 2 is 2.29 bits per heavy atom. The number of anilines is 1. The standard InChI is InChI=1S/C12H11BrN2O2/c13-11-5-10(2-1-8(11)6-14)15(7-12(16)17)9-3-4-9/h1-2,5,9H,3-4,7H2,(H,16,17). The molecule has 1 aliphatic carbocycles. The van der Waals surface area contributed by atoms with Crippen LogP contribution in [-0.4, -0.2) is 23.7 Å². The Balaban J connectivity index is 2.27. The van der Waals surface area contributed by atoms with E-state index in [1.165, 1.54) is 0 Å². The second kappa shape index (κ2) is 4.76. The summed E-state index contributed by atoms with van der Waals surface area (Å²) in [5.41, 5.74) is 1.40. The maximum atomic E-state index is 10.8. The van der Waals surface area contributed by atoms with Crippen LogP contribution in [-0.2, 0) is 4.79 Å². The molecule has 0 saturated heterocycles. The fourth-order valence-corrected chi connectivity index (χ4v) is 2.19. The van der Waals surface area contributed by atoms with Gasteiger partial charge in [0.1, 0.15) is 12.6 Å². The third-order valence-electron chi connectivity index (χ3n) is 2.70. The first-order chi connectivity index (χ1) is 8.11. The lowest BCUT2D eigenvalue weighted by molar-refractivity contribution is -0.135. The predicted octanol–water partition coefficient (Wildman–Crippen LogP) is 2.37. The van der Waals surface area contributed by atoms with E-state index in [1.807, 2.05) is 4.90 Å². The van der Waals surface area contributed by atoms with E-state index in [1.54, 1.807) is 18.2 Å². The molecule has 0 atom stereocenters. The second-order valence-corrected chi connectivity index (χ2v) is 4.88. The van der Waals surface area contributed by atoms with Crippen LogP contribution in [0.15, 0.2) is 22.7 Å². The fraction of sp³-hybridized carbons (Fsp3) is 0.333. The van der Waals surface area contributed by atoms with Gasteiger partial charge in [-0.05, 0) is 47.0 Å². The minimum atomic E-state index is -0.836. The smallest absolute Gasteiger partial charge is 0.323 e. The fourth-order valence-electron chi connectivity index (χ4n) is 1.74. The molecule has 0 bridgehead atoms. The molecule has 1 aromatic rings. The highest BCUT2D eigenvalue weighted by atomic mass is 79.9. The summed E-state index contributed by atoms with van der Waals surface area (Å²) in [6, 6.07) is 7.70. The molecule has 2 rings (SSSR count). The number of halogens is 1. The van der Waals surface area contributed by atoms with Crippen LogP contribution in [0.1, 0.15) is 18.4 Å². The molecule has 1 aliphatic rings. The average molecular weight is 295 g/mol. The van der Waals surface area contributed by atoms with Gasteiger partial charge < -0.3 is 10.0 Å². The summed E-state index contributed by atoms with van der Waals surface area (Å²) in [5, 5.41) is 17.7. The lowest BCUT2D eigenvalue weighted by atomic mass is 10.2. The molecule has 5 heteroatoms. The topological polar surface area (TPSA) is 64.3 Å². The number of rotatable bonds is 4. The lowest BCUT2D eigenvalue weighted by Crippen LogP contribution is -2.31. The number of hydrogen-bond donors (Lipinski definition) is 1. The first kappa shape index (κ1) is 11.9. The van der Waals surface area contributed by atoms with Crippen molar-refractivity contribution in [3.8, 4) is 6.07 Å². The summed E-state index contributed by atoms with van der Waals surface area (Å²) >= 11 is 3.31. The monoisotopic (exact) mass is 294 g/mol. The molecule has 0 heterocycles. The van der Waals surface area contributed by atoms with E-state index >= 15 is 0 Å². The van der Waals surface area contributed by atoms with Crippen molar-refractivity contribution < 1.29 is 9.90 Å². The quantitative estimate of drug-likeness (QED) is 0.926. The second-order valence-electron chi connectivity index (χ2n) is 4.03. The van der Waals surface area contributed by atoms with Crippen molar-refractivity contribution in [3.63, 3.8) is 0 Å². The summed E-state index contributed by atoms with van der Waals surface area (Å²) < 4.78 is 0.702. The van der Waals surface area contributed by atoms with Gasteiger partial charge in [-0.25, -0.2) is 0 Å². The van der Waals surface area contributed by atoms with Gasteiger partial charge in [-0.3, -0.25) is 4.79 Å². The molecule has 1 aromatic carbocycles.